The molecule has 1 atom stereocenters. The van der Waals surface area contributed by atoms with Crippen LogP contribution in [0.5, 0.6) is 0 Å². The van der Waals surface area contributed by atoms with E-state index >= 15 is 0 Å². The summed E-state index contributed by atoms with van der Waals surface area (Å²) in [6.45, 7) is 2.73. The highest BCUT2D eigenvalue weighted by Crippen LogP contribution is 2.19. The molecule has 0 spiro atoms. The Bertz CT molecular complexity index is 530. The number of halogens is 1. The first kappa shape index (κ1) is 16.4. The fourth-order valence-corrected chi connectivity index (χ4v) is 2.45. The first-order chi connectivity index (χ1) is 10.6. The van der Waals surface area contributed by atoms with Crippen LogP contribution >= 0.6 is 0 Å². The van der Waals surface area contributed by atoms with Crippen LogP contribution in [-0.4, -0.2) is 37.6 Å². The Hall–Kier alpha value is -1.95. The zero-order valence-electron chi connectivity index (χ0n) is 12.7. The van der Waals surface area contributed by atoms with Crippen molar-refractivity contribution in [2.75, 3.05) is 24.6 Å². The number of benzene rings is 1. The van der Waals surface area contributed by atoms with Crippen molar-refractivity contribution in [1.82, 2.24) is 5.32 Å². The SMILES string of the molecule is CC(=O)N(CCC(=O)NCC1CCCO1)c1ccccc1F. The van der Waals surface area contributed by atoms with Crippen molar-refractivity contribution in [3.63, 3.8) is 0 Å². The molecule has 5 nitrogen and oxygen atoms in total. The minimum absolute atomic E-state index is 0.0828. The number of hydrogen-bond acceptors (Lipinski definition) is 3. The van der Waals surface area contributed by atoms with Crippen LogP contribution in [0.4, 0.5) is 10.1 Å². The normalized spacial score (nSPS) is 17.3. The van der Waals surface area contributed by atoms with Crippen LogP contribution in [0.15, 0.2) is 24.3 Å². The summed E-state index contributed by atoms with van der Waals surface area (Å²) >= 11 is 0. The summed E-state index contributed by atoms with van der Waals surface area (Å²) in [5.74, 6) is -0.937. The molecule has 0 aliphatic carbocycles. The molecule has 120 valence electrons. The summed E-state index contributed by atoms with van der Waals surface area (Å²) in [5.41, 5.74) is 0.196. The number of ether oxygens (including phenoxy) is 1. The van der Waals surface area contributed by atoms with Crippen molar-refractivity contribution < 1.29 is 18.7 Å². The first-order valence-electron chi connectivity index (χ1n) is 7.49. The number of para-hydroxylation sites is 1. The summed E-state index contributed by atoms with van der Waals surface area (Å²) in [4.78, 5) is 24.8. The van der Waals surface area contributed by atoms with E-state index < -0.39 is 5.82 Å². The van der Waals surface area contributed by atoms with Crippen molar-refractivity contribution >= 4 is 17.5 Å². The summed E-state index contributed by atoms with van der Waals surface area (Å²) in [6.07, 6.45) is 2.18. The van der Waals surface area contributed by atoms with E-state index in [1.54, 1.807) is 12.1 Å². The van der Waals surface area contributed by atoms with E-state index in [0.717, 1.165) is 19.4 Å². The smallest absolute Gasteiger partial charge is 0.223 e. The molecule has 1 aliphatic rings. The average Bonchev–Trinajstić information content (AvgIpc) is 3.00. The van der Waals surface area contributed by atoms with Gasteiger partial charge in [0, 0.05) is 33.0 Å². The van der Waals surface area contributed by atoms with Gasteiger partial charge in [0.15, 0.2) is 0 Å². The van der Waals surface area contributed by atoms with Crippen molar-refractivity contribution in [2.45, 2.75) is 32.3 Å². The minimum Gasteiger partial charge on any atom is -0.376 e. The van der Waals surface area contributed by atoms with Gasteiger partial charge < -0.3 is 15.0 Å². The lowest BCUT2D eigenvalue weighted by Gasteiger charge is -2.21. The number of amides is 2. The van der Waals surface area contributed by atoms with Crippen molar-refractivity contribution in [3.8, 4) is 0 Å². The summed E-state index contributed by atoms with van der Waals surface area (Å²) in [7, 11) is 0. The fourth-order valence-electron chi connectivity index (χ4n) is 2.45. The second kappa shape index (κ2) is 7.89. The number of nitrogens with zero attached hydrogens (tertiary/aromatic N) is 1. The molecule has 6 heteroatoms. The van der Waals surface area contributed by atoms with Crippen molar-refractivity contribution in [2.24, 2.45) is 0 Å². The standard InChI is InChI=1S/C16H21FN2O3/c1-12(20)19(15-7-3-2-6-14(15)17)9-8-16(21)18-11-13-5-4-10-22-13/h2-3,6-7,13H,4-5,8-11H2,1H3,(H,18,21). The van der Waals surface area contributed by atoms with Crippen LogP contribution in [0.1, 0.15) is 26.2 Å². The van der Waals surface area contributed by atoms with Gasteiger partial charge in [-0.05, 0) is 25.0 Å². The van der Waals surface area contributed by atoms with E-state index in [1.165, 1.54) is 24.0 Å². The van der Waals surface area contributed by atoms with Gasteiger partial charge in [-0.3, -0.25) is 9.59 Å². The van der Waals surface area contributed by atoms with Crippen LogP contribution in [0.2, 0.25) is 0 Å². The van der Waals surface area contributed by atoms with Gasteiger partial charge in [-0.25, -0.2) is 4.39 Å². The quantitative estimate of drug-likeness (QED) is 0.873. The van der Waals surface area contributed by atoms with Crippen LogP contribution in [0, 0.1) is 5.82 Å². The third kappa shape index (κ3) is 4.53. The predicted octanol–water partition coefficient (Wildman–Crippen LogP) is 1.86. The third-order valence-electron chi connectivity index (χ3n) is 3.64. The molecule has 1 aliphatic heterocycles. The topological polar surface area (TPSA) is 58.6 Å². The number of carbonyl (C=O) groups excluding carboxylic acids is 2. The molecule has 0 bridgehead atoms. The Kier molecular flexibility index (Phi) is 5.89. The van der Waals surface area contributed by atoms with E-state index in [1.807, 2.05) is 0 Å². The van der Waals surface area contributed by atoms with Gasteiger partial charge in [0.1, 0.15) is 5.82 Å². The molecule has 2 rings (SSSR count). The molecule has 0 saturated carbocycles. The largest absolute Gasteiger partial charge is 0.376 e. The molecule has 1 heterocycles. The van der Waals surface area contributed by atoms with Crippen LogP contribution < -0.4 is 10.2 Å². The minimum atomic E-state index is -0.475. The summed E-state index contributed by atoms with van der Waals surface area (Å²) in [5, 5.41) is 2.79. The number of hydrogen-bond donors (Lipinski definition) is 1. The zero-order chi connectivity index (χ0) is 15.9. The Morgan fingerprint density at radius 1 is 1.41 bits per heavy atom. The zero-order valence-corrected chi connectivity index (χ0v) is 12.7. The molecule has 1 fully saturated rings. The second-order valence-electron chi connectivity index (χ2n) is 5.31. The maximum Gasteiger partial charge on any atom is 0.223 e. The number of carbonyl (C=O) groups is 2. The van der Waals surface area contributed by atoms with Gasteiger partial charge >= 0.3 is 0 Å². The Balaban J connectivity index is 1.85. The van der Waals surface area contributed by atoms with E-state index in [0.29, 0.717) is 6.54 Å². The van der Waals surface area contributed by atoms with E-state index in [2.05, 4.69) is 5.32 Å². The Morgan fingerprint density at radius 3 is 2.82 bits per heavy atom. The molecular weight excluding hydrogens is 287 g/mol. The van der Waals surface area contributed by atoms with Gasteiger partial charge in [-0.1, -0.05) is 12.1 Å². The van der Waals surface area contributed by atoms with Gasteiger partial charge in [-0.2, -0.15) is 0 Å². The van der Waals surface area contributed by atoms with E-state index in [-0.39, 0.29) is 36.6 Å². The Labute approximate surface area is 129 Å². The highest BCUT2D eigenvalue weighted by Gasteiger charge is 2.18. The monoisotopic (exact) mass is 308 g/mol. The van der Waals surface area contributed by atoms with E-state index in [9.17, 15) is 14.0 Å². The first-order valence-corrected chi connectivity index (χ1v) is 7.49. The van der Waals surface area contributed by atoms with Gasteiger partial charge in [-0.15, -0.1) is 0 Å². The molecule has 0 aromatic heterocycles. The van der Waals surface area contributed by atoms with Crippen LogP contribution in [0.25, 0.3) is 0 Å². The maximum absolute atomic E-state index is 13.8. The molecule has 1 saturated heterocycles. The second-order valence-corrected chi connectivity index (χ2v) is 5.31. The van der Waals surface area contributed by atoms with Crippen molar-refractivity contribution in [1.29, 1.82) is 0 Å². The molecule has 2 amide bonds. The fraction of sp³-hybridized carbons (Fsp3) is 0.500. The Morgan fingerprint density at radius 2 is 2.18 bits per heavy atom. The summed E-state index contributed by atoms with van der Waals surface area (Å²) in [6, 6.07) is 6.04. The molecular formula is C16H21FN2O3. The summed E-state index contributed by atoms with van der Waals surface area (Å²) < 4.78 is 19.2. The van der Waals surface area contributed by atoms with Gasteiger partial charge in [0.25, 0.3) is 0 Å². The molecule has 1 aromatic rings. The van der Waals surface area contributed by atoms with Gasteiger partial charge in [0.2, 0.25) is 11.8 Å². The lowest BCUT2D eigenvalue weighted by Crippen LogP contribution is -2.36. The van der Waals surface area contributed by atoms with E-state index in [4.69, 9.17) is 4.74 Å². The number of rotatable bonds is 6. The molecule has 1 unspecified atom stereocenters. The molecule has 1 N–H and O–H groups in total. The van der Waals surface area contributed by atoms with Crippen LogP contribution in [-0.2, 0) is 14.3 Å². The molecule has 1 aromatic carbocycles. The number of anilines is 1. The molecule has 22 heavy (non-hydrogen) atoms. The number of nitrogens with one attached hydrogen (secondary N) is 1. The van der Waals surface area contributed by atoms with Crippen LogP contribution in [0.3, 0.4) is 0 Å². The average molecular weight is 308 g/mol. The lowest BCUT2D eigenvalue weighted by atomic mass is 10.2. The lowest BCUT2D eigenvalue weighted by molar-refractivity contribution is -0.121. The van der Waals surface area contributed by atoms with Crippen molar-refractivity contribution in [3.05, 3.63) is 30.1 Å². The highest BCUT2D eigenvalue weighted by atomic mass is 19.1. The van der Waals surface area contributed by atoms with Gasteiger partial charge in [0.05, 0.1) is 11.8 Å². The molecule has 0 radical (unpaired) electrons. The third-order valence-corrected chi connectivity index (χ3v) is 3.64. The highest BCUT2D eigenvalue weighted by molar-refractivity contribution is 5.92. The predicted molar refractivity (Wildman–Crippen MR) is 81.0 cm³/mol. The maximum atomic E-state index is 13.8.